The first-order chi connectivity index (χ1) is 18.3. The van der Waals surface area contributed by atoms with Gasteiger partial charge in [-0.3, -0.25) is 9.59 Å². The lowest BCUT2D eigenvalue weighted by Gasteiger charge is -2.25. The number of hydrogen-bond donors (Lipinski definition) is 1. The van der Waals surface area contributed by atoms with E-state index in [0.717, 1.165) is 5.56 Å². The molecule has 0 spiro atoms. The van der Waals surface area contributed by atoms with Crippen molar-refractivity contribution >= 4 is 17.4 Å². The lowest BCUT2D eigenvalue weighted by molar-refractivity contribution is -0.140. The van der Waals surface area contributed by atoms with Gasteiger partial charge in [-0.25, -0.2) is 4.39 Å². The predicted octanol–water partition coefficient (Wildman–Crippen LogP) is 5.26. The molecule has 3 aromatic carbocycles. The number of hydrogen-bond acceptors (Lipinski definition) is 6. The number of halogens is 1. The summed E-state index contributed by atoms with van der Waals surface area (Å²) in [5.74, 6) is -0.972. The summed E-state index contributed by atoms with van der Waals surface area (Å²) in [5, 5.41) is 11.3. The average Bonchev–Trinajstić information content (AvgIpc) is 3.16. The Balaban J connectivity index is 1.66. The molecule has 7 nitrogen and oxygen atoms in total. The monoisotopic (exact) mass is 519 g/mol. The van der Waals surface area contributed by atoms with Gasteiger partial charge in [0, 0.05) is 19.2 Å². The SMILES string of the molecule is COCCN1C(=O)C(=O)/C(=C(\O)c2cccc(OC(C)C)c2)C1c1ccc(OCc2ccc(F)cc2)cc1. The van der Waals surface area contributed by atoms with Crippen molar-refractivity contribution in [3.8, 4) is 11.5 Å². The molecule has 0 radical (unpaired) electrons. The molecule has 38 heavy (non-hydrogen) atoms. The molecule has 1 amide bonds. The molecule has 1 N–H and O–H groups in total. The van der Waals surface area contributed by atoms with Crippen LogP contribution in [0.4, 0.5) is 4.39 Å². The number of aliphatic hydroxyl groups excluding tert-OH is 1. The Morgan fingerprint density at radius 2 is 1.71 bits per heavy atom. The highest BCUT2D eigenvalue weighted by Crippen LogP contribution is 2.40. The number of carbonyl (C=O) groups excluding carboxylic acids is 2. The minimum Gasteiger partial charge on any atom is -0.507 e. The van der Waals surface area contributed by atoms with Gasteiger partial charge in [0.1, 0.15) is 29.7 Å². The molecule has 1 fully saturated rings. The van der Waals surface area contributed by atoms with Gasteiger partial charge in [0.05, 0.1) is 24.3 Å². The van der Waals surface area contributed by atoms with E-state index in [1.54, 1.807) is 60.7 Å². The lowest BCUT2D eigenvalue weighted by Crippen LogP contribution is -2.32. The number of methoxy groups -OCH3 is 1. The van der Waals surface area contributed by atoms with E-state index in [1.807, 2.05) is 13.8 Å². The molecular formula is C30H30FNO6. The van der Waals surface area contributed by atoms with Crippen LogP contribution < -0.4 is 9.47 Å². The van der Waals surface area contributed by atoms with Gasteiger partial charge in [-0.1, -0.05) is 36.4 Å². The number of nitrogens with zero attached hydrogens (tertiary/aromatic N) is 1. The van der Waals surface area contributed by atoms with E-state index in [9.17, 15) is 19.1 Å². The van der Waals surface area contributed by atoms with Crippen molar-refractivity contribution in [1.29, 1.82) is 0 Å². The smallest absolute Gasteiger partial charge is 0.295 e. The second kappa shape index (κ2) is 11.9. The van der Waals surface area contributed by atoms with Crippen LogP contribution in [0.15, 0.2) is 78.4 Å². The summed E-state index contributed by atoms with van der Waals surface area (Å²) < 4.78 is 29.8. The number of amides is 1. The number of ketones is 1. The fourth-order valence-corrected chi connectivity index (χ4v) is 4.28. The zero-order valence-corrected chi connectivity index (χ0v) is 21.5. The summed E-state index contributed by atoms with van der Waals surface area (Å²) in [6.45, 7) is 4.42. The molecule has 1 unspecified atom stereocenters. The third-order valence-electron chi connectivity index (χ3n) is 6.07. The minimum atomic E-state index is -0.814. The standard InChI is InChI=1S/C30H30FNO6/c1-19(2)38-25-6-4-5-22(17-25)28(33)26-27(32(15-16-36-3)30(35)29(26)34)21-9-13-24(14-10-21)37-18-20-7-11-23(31)12-8-20/h4-14,17,19,27,33H,15-16,18H2,1-3H3/b28-26-. The summed E-state index contributed by atoms with van der Waals surface area (Å²) in [6.07, 6.45) is -0.0733. The molecule has 0 aromatic heterocycles. The van der Waals surface area contributed by atoms with Crippen LogP contribution in [-0.2, 0) is 20.9 Å². The van der Waals surface area contributed by atoms with Crippen LogP contribution in [-0.4, -0.2) is 48.1 Å². The van der Waals surface area contributed by atoms with E-state index in [-0.39, 0.29) is 43.0 Å². The fourth-order valence-electron chi connectivity index (χ4n) is 4.28. The van der Waals surface area contributed by atoms with Gasteiger partial charge in [0.25, 0.3) is 11.7 Å². The Hall–Kier alpha value is -4.17. The molecule has 1 saturated heterocycles. The Morgan fingerprint density at radius 1 is 1.00 bits per heavy atom. The normalized spacial score (nSPS) is 16.8. The van der Waals surface area contributed by atoms with Gasteiger partial charge in [-0.2, -0.15) is 0 Å². The molecule has 3 aromatic rings. The van der Waals surface area contributed by atoms with Crippen molar-refractivity contribution < 1.29 is 33.3 Å². The summed E-state index contributed by atoms with van der Waals surface area (Å²) >= 11 is 0. The van der Waals surface area contributed by atoms with Crippen LogP contribution in [0.5, 0.6) is 11.5 Å². The summed E-state index contributed by atoms with van der Waals surface area (Å²) in [5.41, 5.74) is 1.81. The second-order valence-corrected chi connectivity index (χ2v) is 9.16. The van der Waals surface area contributed by atoms with Gasteiger partial charge in [0.15, 0.2) is 0 Å². The number of carbonyl (C=O) groups is 2. The number of Topliss-reactive ketones (excluding diaryl/α,β-unsaturated/α-hetero) is 1. The van der Waals surface area contributed by atoms with Crippen molar-refractivity contribution in [2.75, 3.05) is 20.3 Å². The maximum atomic E-state index is 13.2. The van der Waals surface area contributed by atoms with E-state index >= 15 is 0 Å². The van der Waals surface area contributed by atoms with Gasteiger partial charge in [-0.05, 0) is 61.4 Å². The average molecular weight is 520 g/mol. The number of aliphatic hydroxyl groups is 1. The largest absolute Gasteiger partial charge is 0.507 e. The van der Waals surface area contributed by atoms with E-state index < -0.39 is 17.7 Å². The summed E-state index contributed by atoms with van der Waals surface area (Å²) in [4.78, 5) is 27.6. The lowest BCUT2D eigenvalue weighted by atomic mass is 9.95. The Kier molecular flexibility index (Phi) is 8.43. The molecule has 4 rings (SSSR count). The topological polar surface area (TPSA) is 85.3 Å². The number of rotatable bonds is 10. The van der Waals surface area contributed by atoms with Crippen LogP contribution in [0.3, 0.4) is 0 Å². The summed E-state index contributed by atoms with van der Waals surface area (Å²) in [6, 6.07) is 19.0. The van der Waals surface area contributed by atoms with E-state index in [0.29, 0.717) is 22.6 Å². The fraction of sp³-hybridized carbons (Fsp3) is 0.267. The van der Waals surface area contributed by atoms with E-state index in [1.165, 1.54) is 24.1 Å². The molecule has 198 valence electrons. The number of ether oxygens (including phenoxy) is 3. The molecular weight excluding hydrogens is 489 g/mol. The quantitative estimate of drug-likeness (QED) is 0.223. The van der Waals surface area contributed by atoms with Crippen molar-refractivity contribution in [2.45, 2.75) is 32.6 Å². The maximum absolute atomic E-state index is 13.2. The van der Waals surface area contributed by atoms with Gasteiger partial charge in [0.2, 0.25) is 0 Å². The number of benzene rings is 3. The van der Waals surface area contributed by atoms with E-state index in [2.05, 4.69) is 0 Å². The van der Waals surface area contributed by atoms with Crippen molar-refractivity contribution in [3.05, 3.63) is 101 Å². The maximum Gasteiger partial charge on any atom is 0.295 e. The third-order valence-corrected chi connectivity index (χ3v) is 6.07. The first kappa shape index (κ1) is 26.9. The summed E-state index contributed by atoms with van der Waals surface area (Å²) in [7, 11) is 1.51. The third kappa shape index (κ3) is 6.03. The molecule has 1 atom stereocenters. The first-order valence-corrected chi connectivity index (χ1v) is 12.3. The molecule has 0 saturated carbocycles. The molecule has 8 heteroatoms. The number of likely N-dealkylation sites (tertiary alicyclic amines) is 1. The zero-order chi connectivity index (χ0) is 27.2. The van der Waals surface area contributed by atoms with Crippen molar-refractivity contribution in [1.82, 2.24) is 4.90 Å². The zero-order valence-electron chi connectivity index (χ0n) is 21.5. The van der Waals surface area contributed by atoms with Crippen LogP contribution in [0.2, 0.25) is 0 Å². The first-order valence-electron chi connectivity index (χ1n) is 12.3. The van der Waals surface area contributed by atoms with Crippen molar-refractivity contribution in [3.63, 3.8) is 0 Å². The van der Waals surface area contributed by atoms with Crippen LogP contribution in [0, 0.1) is 5.82 Å². The highest BCUT2D eigenvalue weighted by molar-refractivity contribution is 6.46. The Labute approximate surface area is 221 Å². The van der Waals surface area contributed by atoms with Gasteiger partial charge in [-0.15, -0.1) is 0 Å². The van der Waals surface area contributed by atoms with Crippen LogP contribution in [0.1, 0.15) is 36.6 Å². The second-order valence-electron chi connectivity index (χ2n) is 9.16. The molecule has 1 aliphatic heterocycles. The van der Waals surface area contributed by atoms with Crippen LogP contribution >= 0.6 is 0 Å². The predicted molar refractivity (Wildman–Crippen MR) is 140 cm³/mol. The van der Waals surface area contributed by atoms with E-state index in [4.69, 9.17) is 14.2 Å². The highest BCUT2D eigenvalue weighted by atomic mass is 19.1. The molecule has 0 aliphatic carbocycles. The minimum absolute atomic E-state index is 0.00668. The molecule has 1 heterocycles. The van der Waals surface area contributed by atoms with Crippen molar-refractivity contribution in [2.24, 2.45) is 0 Å². The van der Waals surface area contributed by atoms with Crippen LogP contribution in [0.25, 0.3) is 5.76 Å². The van der Waals surface area contributed by atoms with Gasteiger partial charge >= 0.3 is 0 Å². The molecule has 0 bridgehead atoms. The highest BCUT2D eigenvalue weighted by Gasteiger charge is 2.45. The Bertz CT molecular complexity index is 1320. The van der Waals surface area contributed by atoms with Gasteiger partial charge < -0.3 is 24.2 Å². The molecule has 1 aliphatic rings. The Morgan fingerprint density at radius 3 is 2.37 bits per heavy atom.